The summed E-state index contributed by atoms with van der Waals surface area (Å²) in [6.07, 6.45) is 4.19. The smallest absolute Gasteiger partial charge is 0.448 e. The van der Waals surface area contributed by atoms with Gasteiger partial charge in [0, 0.05) is 6.04 Å². The van der Waals surface area contributed by atoms with Gasteiger partial charge in [-0.05, 0) is 32.3 Å². The second kappa shape index (κ2) is 7.72. The molecule has 1 nitrogen and oxygen atoms in total. The third kappa shape index (κ3) is 6.68. The van der Waals surface area contributed by atoms with Crippen LogP contribution < -0.4 is 51.4 Å². The molecule has 0 N–H and O–H groups in total. The first-order valence-corrected chi connectivity index (χ1v) is 5.48. The van der Waals surface area contributed by atoms with Crippen molar-refractivity contribution in [3.8, 4) is 0 Å². The van der Waals surface area contributed by atoms with Crippen molar-refractivity contribution >= 4 is 6.98 Å². The van der Waals surface area contributed by atoms with Crippen LogP contribution in [-0.4, -0.2) is 30.9 Å². The molecular formula is C9H18BF3KN. The Morgan fingerprint density at radius 1 is 1.20 bits per heavy atom. The zero-order valence-electron chi connectivity index (χ0n) is 9.69. The molecule has 1 rings (SSSR count). The van der Waals surface area contributed by atoms with Gasteiger partial charge in [-0.1, -0.05) is 19.8 Å². The first-order valence-electron chi connectivity index (χ1n) is 5.48. The molecule has 1 aliphatic rings. The number of likely N-dealkylation sites (tertiary alicyclic amines) is 1. The van der Waals surface area contributed by atoms with Crippen molar-refractivity contribution in [2.45, 2.75) is 45.1 Å². The molecule has 0 aromatic rings. The van der Waals surface area contributed by atoms with Crippen molar-refractivity contribution in [1.82, 2.24) is 4.90 Å². The van der Waals surface area contributed by atoms with Crippen LogP contribution in [0.5, 0.6) is 0 Å². The van der Waals surface area contributed by atoms with Gasteiger partial charge in [-0.2, -0.15) is 0 Å². The molecule has 84 valence electrons. The Kier molecular flexibility index (Phi) is 8.46. The minimum Gasteiger partial charge on any atom is -0.448 e. The van der Waals surface area contributed by atoms with E-state index in [4.69, 9.17) is 0 Å². The summed E-state index contributed by atoms with van der Waals surface area (Å²) < 4.78 is 36.9. The minimum atomic E-state index is -4.65. The summed E-state index contributed by atoms with van der Waals surface area (Å²) in [7, 11) is 0. The number of hydrogen-bond donors (Lipinski definition) is 0. The first-order chi connectivity index (χ1) is 6.53. The van der Waals surface area contributed by atoms with Gasteiger partial charge in [0.2, 0.25) is 0 Å². The van der Waals surface area contributed by atoms with Crippen LogP contribution in [0.15, 0.2) is 0 Å². The third-order valence-corrected chi connectivity index (χ3v) is 2.91. The zero-order chi connectivity index (χ0) is 10.6. The molecule has 1 heterocycles. The summed E-state index contributed by atoms with van der Waals surface area (Å²) >= 11 is 0. The maximum atomic E-state index is 12.3. The van der Waals surface area contributed by atoms with Crippen LogP contribution in [0.4, 0.5) is 12.9 Å². The van der Waals surface area contributed by atoms with E-state index in [0.29, 0.717) is 6.54 Å². The van der Waals surface area contributed by atoms with Crippen molar-refractivity contribution in [2.24, 2.45) is 0 Å². The van der Waals surface area contributed by atoms with Gasteiger partial charge in [-0.25, -0.2) is 0 Å². The Morgan fingerprint density at radius 2 is 1.87 bits per heavy atom. The molecule has 0 aromatic carbocycles. The SMILES string of the molecule is CCC1CCCCCN1C[B-](F)(F)F.[K+]. The second-order valence-corrected chi connectivity index (χ2v) is 4.12. The van der Waals surface area contributed by atoms with Gasteiger partial charge in [-0.3, -0.25) is 0 Å². The molecule has 1 atom stereocenters. The van der Waals surface area contributed by atoms with Gasteiger partial charge in [0.1, 0.15) is 0 Å². The Labute approximate surface area is 133 Å². The van der Waals surface area contributed by atoms with E-state index in [9.17, 15) is 12.9 Å². The average Bonchev–Trinajstić information content (AvgIpc) is 2.27. The van der Waals surface area contributed by atoms with Crippen LogP contribution in [0.25, 0.3) is 0 Å². The summed E-state index contributed by atoms with van der Waals surface area (Å²) in [4.78, 5) is 1.63. The summed E-state index contributed by atoms with van der Waals surface area (Å²) in [6.45, 7) is -2.05. The molecule has 0 amide bonds. The van der Waals surface area contributed by atoms with E-state index in [-0.39, 0.29) is 57.4 Å². The van der Waals surface area contributed by atoms with E-state index in [1.54, 1.807) is 4.90 Å². The summed E-state index contributed by atoms with van der Waals surface area (Å²) in [6, 6.07) is 0.154. The van der Waals surface area contributed by atoms with Gasteiger partial charge in [-0.15, -0.1) is 0 Å². The number of hydrogen-bond acceptors (Lipinski definition) is 1. The molecule has 1 fully saturated rings. The average molecular weight is 247 g/mol. The van der Waals surface area contributed by atoms with Crippen molar-refractivity contribution in [2.75, 3.05) is 13.0 Å². The molecule has 0 spiro atoms. The molecule has 0 saturated carbocycles. The maximum absolute atomic E-state index is 12.3. The third-order valence-electron chi connectivity index (χ3n) is 2.91. The molecule has 0 aromatic heterocycles. The molecule has 15 heavy (non-hydrogen) atoms. The largest absolute Gasteiger partial charge is 1.00 e. The van der Waals surface area contributed by atoms with Crippen LogP contribution in [-0.2, 0) is 0 Å². The predicted octanol–water partition coefficient (Wildman–Crippen LogP) is 0.0316. The quantitative estimate of drug-likeness (QED) is 0.636. The predicted molar refractivity (Wildman–Crippen MR) is 53.2 cm³/mol. The van der Waals surface area contributed by atoms with Crippen molar-refractivity contribution < 1.29 is 64.3 Å². The van der Waals surface area contributed by atoms with Crippen molar-refractivity contribution in [1.29, 1.82) is 0 Å². The van der Waals surface area contributed by atoms with Gasteiger partial charge in [0.05, 0.1) is 0 Å². The molecule has 0 bridgehead atoms. The maximum Gasteiger partial charge on any atom is 1.00 e. The Balaban J connectivity index is 0.00000196. The molecule has 0 aliphatic carbocycles. The Bertz CT molecular complexity index is 177. The Morgan fingerprint density at radius 3 is 2.40 bits per heavy atom. The molecule has 1 aliphatic heterocycles. The van der Waals surface area contributed by atoms with E-state index < -0.39 is 13.4 Å². The second-order valence-electron chi connectivity index (χ2n) is 4.12. The monoisotopic (exact) mass is 247 g/mol. The van der Waals surface area contributed by atoms with Crippen molar-refractivity contribution in [3.05, 3.63) is 0 Å². The van der Waals surface area contributed by atoms with E-state index in [1.165, 1.54) is 0 Å². The van der Waals surface area contributed by atoms with Crippen LogP contribution >= 0.6 is 0 Å². The number of halogens is 3. The van der Waals surface area contributed by atoms with Crippen molar-refractivity contribution in [3.63, 3.8) is 0 Å². The standard InChI is InChI=1S/C9H18BF3N.K/c1-2-9-6-4-3-5-7-14(9)8-10(11,12)13;/h9H,2-8H2,1H3;/q-1;+1. The summed E-state index contributed by atoms with van der Waals surface area (Å²) in [5.74, 6) is 0. The molecule has 0 radical (unpaired) electrons. The first kappa shape index (κ1) is 16.5. The molecule has 6 heteroatoms. The zero-order valence-corrected chi connectivity index (χ0v) is 12.8. The Hall–Kier alpha value is 1.45. The van der Waals surface area contributed by atoms with E-state index in [1.807, 2.05) is 6.92 Å². The van der Waals surface area contributed by atoms with E-state index >= 15 is 0 Å². The summed E-state index contributed by atoms with van der Waals surface area (Å²) in [5.41, 5.74) is 0. The minimum absolute atomic E-state index is 0. The number of nitrogens with zero attached hydrogens (tertiary/aromatic N) is 1. The molecular weight excluding hydrogens is 229 g/mol. The van der Waals surface area contributed by atoms with Gasteiger partial charge < -0.3 is 17.8 Å². The summed E-state index contributed by atoms with van der Waals surface area (Å²) in [5, 5.41) is 0. The van der Waals surface area contributed by atoms with Crippen LogP contribution in [0.3, 0.4) is 0 Å². The van der Waals surface area contributed by atoms with Gasteiger partial charge in [0.15, 0.2) is 0 Å². The topological polar surface area (TPSA) is 3.24 Å². The van der Waals surface area contributed by atoms with Crippen LogP contribution in [0.1, 0.15) is 39.0 Å². The van der Waals surface area contributed by atoms with E-state index in [2.05, 4.69) is 0 Å². The molecule has 1 unspecified atom stereocenters. The van der Waals surface area contributed by atoms with Crippen LogP contribution in [0.2, 0.25) is 0 Å². The van der Waals surface area contributed by atoms with Gasteiger partial charge in [0.25, 0.3) is 0 Å². The molecule has 1 saturated heterocycles. The normalized spacial score (nSPS) is 24.4. The van der Waals surface area contributed by atoms with Crippen LogP contribution in [0, 0.1) is 0 Å². The van der Waals surface area contributed by atoms with E-state index in [0.717, 1.165) is 32.1 Å². The number of rotatable bonds is 3. The fourth-order valence-corrected chi connectivity index (χ4v) is 2.21. The fraction of sp³-hybridized carbons (Fsp3) is 1.00. The fourth-order valence-electron chi connectivity index (χ4n) is 2.21. The van der Waals surface area contributed by atoms with Gasteiger partial charge >= 0.3 is 58.4 Å².